The number of hydrogen-bond donors (Lipinski definition) is 1. The summed E-state index contributed by atoms with van der Waals surface area (Å²) in [4.78, 5) is 12.4. The van der Waals surface area contributed by atoms with Gasteiger partial charge in [-0.3, -0.25) is 4.79 Å². The second-order valence-corrected chi connectivity index (χ2v) is 8.44. The fourth-order valence-corrected chi connectivity index (χ4v) is 3.89. The Kier molecular flexibility index (Phi) is 5.92. The number of hydrazone groups is 1. The molecule has 0 radical (unpaired) electrons. The van der Waals surface area contributed by atoms with Crippen molar-refractivity contribution >= 4 is 33.1 Å². The topological polar surface area (TPSA) is 75.6 Å². The van der Waals surface area contributed by atoms with E-state index in [1.807, 2.05) is 60.7 Å². The van der Waals surface area contributed by atoms with Crippen molar-refractivity contribution in [1.82, 2.24) is 5.43 Å². The number of carbonyl (C=O) groups is 1. The van der Waals surface area contributed by atoms with Crippen LogP contribution >= 0.6 is 11.6 Å². The van der Waals surface area contributed by atoms with E-state index in [-0.39, 0.29) is 15.5 Å². The Morgan fingerprint density at radius 1 is 0.857 bits per heavy atom. The van der Waals surface area contributed by atoms with E-state index in [0.717, 1.165) is 17.4 Å². The van der Waals surface area contributed by atoms with E-state index in [2.05, 4.69) is 10.5 Å². The van der Waals surface area contributed by atoms with E-state index < -0.39 is 15.7 Å². The van der Waals surface area contributed by atoms with Crippen molar-refractivity contribution in [3.05, 3.63) is 101 Å². The summed E-state index contributed by atoms with van der Waals surface area (Å²) in [5.41, 5.74) is 4.91. The summed E-state index contributed by atoms with van der Waals surface area (Å²) < 4.78 is 23.6. The van der Waals surface area contributed by atoms with Gasteiger partial charge in [0.25, 0.3) is 5.91 Å². The average molecular weight is 413 g/mol. The van der Waals surface area contributed by atoms with Crippen molar-refractivity contribution in [3.8, 4) is 0 Å². The van der Waals surface area contributed by atoms with Gasteiger partial charge >= 0.3 is 0 Å². The number of sulfone groups is 1. The Labute approximate surface area is 168 Å². The first-order chi connectivity index (χ1) is 13.4. The van der Waals surface area contributed by atoms with Gasteiger partial charge in [0.05, 0.1) is 15.6 Å². The van der Waals surface area contributed by atoms with Crippen LogP contribution in [0.5, 0.6) is 0 Å². The van der Waals surface area contributed by atoms with Crippen LogP contribution in [0.15, 0.2) is 88.9 Å². The largest absolute Gasteiger partial charge is 0.271 e. The summed E-state index contributed by atoms with van der Waals surface area (Å²) in [7, 11) is -3.55. The SMILES string of the molecule is CS(=O)(=O)c1cc(C(=O)NN=C(c2ccccc2)c2ccccc2)ccc1Cl. The quantitative estimate of drug-likeness (QED) is 0.509. The van der Waals surface area contributed by atoms with Crippen LogP contribution in [0.4, 0.5) is 0 Å². The predicted octanol–water partition coefficient (Wildman–Crippen LogP) is 3.93. The van der Waals surface area contributed by atoms with Crippen LogP contribution in [-0.2, 0) is 9.84 Å². The van der Waals surface area contributed by atoms with E-state index in [1.54, 1.807) is 0 Å². The molecule has 1 amide bonds. The highest BCUT2D eigenvalue weighted by molar-refractivity contribution is 7.90. The first kappa shape index (κ1) is 19.8. The molecule has 0 aliphatic rings. The summed E-state index contributed by atoms with van der Waals surface area (Å²) in [6, 6.07) is 23.0. The molecule has 5 nitrogen and oxygen atoms in total. The van der Waals surface area contributed by atoms with Crippen LogP contribution in [0.25, 0.3) is 0 Å². The van der Waals surface area contributed by atoms with E-state index in [4.69, 9.17) is 11.6 Å². The molecule has 0 fully saturated rings. The lowest BCUT2D eigenvalue weighted by Crippen LogP contribution is -2.21. The van der Waals surface area contributed by atoms with E-state index >= 15 is 0 Å². The standard InChI is InChI=1S/C21H17ClN2O3S/c1-28(26,27)19-14-17(12-13-18(19)22)21(25)24-23-20(15-8-4-2-5-9-15)16-10-6-3-7-11-16/h2-14H,1H3,(H,24,25). The maximum atomic E-state index is 12.5. The van der Waals surface area contributed by atoms with Gasteiger partial charge in [-0.05, 0) is 18.2 Å². The smallest absolute Gasteiger partial charge is 0.267 e. The summed E-state index contributed by atoms with van der Waals surface area (Å²) in [5.74, 6) is -0.536. The molecule has 0 heterocycles. The van der Waals surface area contributed by atoms with Crippen LogP contribution in [0.1, 0.15) is 21.5 Å². The number of nitrogens with one attached hydrogen (secondary N) is 1. The van der Waals surface area contributed by atoms with Crippen molar-refractivity contribution in [3.63, 3.8) is 0 Å². The minimum absolute atomic E-state index is 0.0665. The van der Waals surface area contributed by atoms with Crippen molar-refractivity contribution < 1.29 is 13.2 Å². The highest BCUT2D eigenvalue weighted by Gasteiger charge is 2.16. The number of carbonyl (C=O) groups excluding carboxylic acids is 1. The zero-order valence-electron chi connectivity index (χ0n) is 15.0. The molecule has 142 valence electrons. The van der Waals surface area contributed by atoms with Gasteiger partial charge in [-0.25, -0.2) is 13.8 Å². The molecule has 0 saturated heterocycles. The molecule has 1 N–H and O–H groups in total. The molecule has 3 aromatic rings. The van der Waals surface area contributed by atoms with Gasteiger partial charge in [0.1, 0.15) is 0 Å². The molecule has 0 aliphatic carbocycles. The Balaban J connectivity index is 1.95. The Bertz CT molecular complexity index is 1090. The van der Waals surface area contributed by atoms with E-state index in [9.17, 15) is 13.2 Å². The van der Waals surface area contributed by atoms with Gasteiger partial charge in [-0.15, -0.1) is 0 Å². The van der Waals surface area contributed by atoms with Gasteiger partial charge in [0.2, 0.25) is 0 Å². The second-order valence-electron chi connectivity index (χ2n) is 6.05. The minimum atomic E-state index is -3.55. The van der Waals surface area contributed by atoms with Crippen LogP contribution < -0.4 is 5.43 Å². The number of nitrogens with zero attached hydrogens (tertiary/aromatic N) is 1. The molecule has 28 heavy (non-hydrogen) atoms. The molecule has 0 aliphatic heterocycles. The zero-order valence-corrected chi connectivity index (χ0v) is 16.5. The summed E-state index contributed by atoms with van der Waals surface area (Å²) >= 11 is 5.93. The fraction of sp³-hybridized carbons (Fsp3) is 0.0476. The normalized spacial score (nSPS) is 10.9. The van der Waals surface area contributed by atoms with Crippen LogP contribution in [0.3, 0.4) is 0 Å². The molecule has 0 atom stereocenters. The first-order valence-corrected chi connectivity index (χ1v) is 10.6. The number of hydrogen-bond acceptors (Lipinski definition) is 4. The molecule has 0 spiro atoms. The number of benzene rings is 3. The third-order valence-electron chi connectivity index (χ3n) is 3.96. The van der Waals surface area contributed by atoms with Crippen molar-refractivity contribution in [2.45, 2.75) is 4.90 Å². The predicted molar refractivity (Wildman–Crippen MR) is 111 cm³/mol. The molecular formula is C21H17ClN2O3S. The molecule has 7 heteroatoms. The zero-order chi connectivity index (χ0) is 20.1. The number of rotatable bonds is 5. The van der Waals surface area contributed by atoms with E-state index in [1.165, 1.54) is 18.2 Å². The molecule has 0 saturated carbocycles. The van der Waals surface area contributed by atoms with Crippen molar-refractivity contribution in [1.29, 1.82) is 0 Å². The van der Waals surface area contributed by atoms with Gasteiger partial charge < -0.3 is 0 Å². The summed E-state index contributed by atoms with van der Waals surface area (Å²) in [6.45, 7) is 0. The Morgan fingerprint density at radius 3 is 1.89 bits per heavy atom. The Hall–Kier alpha value is -2.96. The highest BCUT2D eigenvalue weighted by atomic mass is 35.5. The van der Waals surface area contributed by atoms with Gasteiger partial charge in [-0.2, -0.15) is 5.10 Å². The average Bonchev–Trinajstić information content (AvgIpc) is 2.69. The minimum Gasteiger partial charge on any atom is -0.267 e. The third kappa shape index (κ3) is 4.65. The maximum absolute atomic E-state index is 12.5. The molecule has 3 aromatic carbocycles. The van der Waals surface area contributed by atoms with Crippen molar-refractivity contribution in [2.24, 2.45) is 5.10 Å². The lowest BCUT2D eigenvalue weighted by molar-refractivity contribution is 0.0954. The van der Waals surface area contributed by atoms with E-state index in [0.29, 0.717) is 5.71 Å². The van der Waals surface area contributed by atoms with Gasteiger partial charge in [0.15, 0.2) is 9.84 Å². The Morgan fingerprint density at radius 2 is 1.39 bits per heavy atom. The molecule has 3 rings (SSSR count). The number of halogens is 1. The third-order valence-corrected chi connectivity index (χ3v) is 5.53. The van der Waals surface area contributed by atoms with Gasteiger partial charge in [0, 0.05) is 22.9 Å². The van der Waals surface area contributed by atoms with Crippen LogP contribution in [0.2, 0.25) is 5.02 Å². The fourth-order valence-electron chi connectivity index (χ4n) is 2.59. The molecule has 0 unspecified atom stereocenters. The summed E-state index contributed by atoms with van der Waals surface area (Å²) in [6.07, 6.45) is 1.04. The summed E-state index contributed by atoms with van der Waals surface area (Å²) in [5, 5.41) is 4.36. The molecule has 0 bridgehead atoms. The van der Waals surface area contributed by atoms with Crippen LogP contribution in [-0.4, -0.2) is 26.3 Å². The highest BCUT2D eigenvalue weighted by Crippen LogP contribution is 2.22. The lowest BCUT2D eigenvalue weighted by Gasteiger charge is -2.09. The maximum Gasteiger partial charge on any atom is 0.271 e. The monoisotopic (exact) mass is 412 g/mol. The van der Waals surface area contributed by atoms with Crippen molar-refractivity contribution in [2.75, 3.05) is 6.26 Å². The van der Waals surface area contributed by atoms with Gasteiger partial charge in [-0.1, -0.05) is 72.3 Å². The molecule has 0 aromatic heterocycles. The number of amides is 1. The van der Waals surface area contributed by atoms with Crippen LogP contribution in [0, 0.1) is 0 Å². The first-order valence-electron chi connectivity index (χ1n) is 8.35. The molecular weight excluding hydrogens is 396 g/mol. The second kappa shape index (κ2) is 8.37. The lowest BCUT2D eigenvalue weighted by atomic mass is 10.0.